The van der Waals surface area contributed by atoms with Gasteiger partial charge in [-0.15, -0.1) is 0 Å². The second-order valence-corrected chi connectivity index (χ2v) is 9.94. The van der Waals surface area contributed by atoms with Gasteiger partial charge < -0.3 is 4.90 Å². The first-order valence-corrected chi connectivity index (χ1v) is 12.1. The van der Waals surface area contributed by atoms with E-state index in [9.17, 15) is 4.21 Å². The fourth-order valence-corrected chi connectivity index (χ4v) is 5.55. The van der Waals surface area contributed by atoms with Gasteiger partial charge in [0.25, 0.3) is 0 Å². The van der Waals surface area contributed by atoms with Gasteiger partial charge in [-0.1, -0.05) is 54.1 Å². The molecule has 4 nitrogen and oxygen atoms in total. The van der Waals surface area contributed by atoms with E-state index in [1.807, 2.05) is 36.4 Å². The van der Waals surface area contributed by atoms with Gasteiger partial charge in [0.1, 0.15) is 9.92 Å². The van der Waals surface area contributed by atoms with Crippen LogP contribution in [0.3, 0.4) is 0 Å². The van der Waals surface area contributed by atoms with Crippen LogP contribution in [0.5, 0.6) is 0 Å². The summed E-state index contributed by atoms with van der Waals surface area (Å²) >= 11 is 6.34. The predicted octanol–water partition coefficient (Wildman–Crippen LogP) is 5.63. The molecule has 1 unspecified atom stereocenters. The molecule has 4 rings (SSSR count). The van der Waals surface area contributed by atoms with E-state index in [2.05, 4.69) is 50.4 Å². The zero-order chi connectivity index (χ0) is 21.0. The first kappa shape index (κ1) is 20.9. The molecule has 1 aliphatic heterocycles. The van der Waals surface area contributed by atoms with Crippen molar-refractivity contribution in [3.8, 4) is 0 Å². The third-order valence-corrected chi connectivity index (χ3v) is 7.72. The highest BCUT2D eigenvalue weighted by atomic mass is 35.5. The van der Waals surface area contributed by atoms with E-state index in [0.717, 1.165) is 36.5 Å². The molecule has 0 fully saturated rings. The van der Waals surface area contributed by atoms with E-state index in [1.54, 1.807) is 7.05 Å². The van der Waals surface area contributed by atoms with Crippen molar-refractivity contribution in [2.24, 2.45) is 4.36 Å². The number of anilines is 2. The number of fused-ring (bicyclic) bond motifs is 2. The van der Waals surface area contributed by atoms with Crippen LogP contribution in [0.1, 0.15) is 17.5 Å². The maximum atomic E-state index is 13.2. The summed E-state index contributed by atoms with van der Waals surface area (Å²) in [6.45, 7) is 1.39. The van der Waals surface area contributed by atoms with Crippen LogP contribution in [-0.2, 0) is 22.8 Å². The highest BCUT2D eigenvalue weighted by Gasteiger charge is 2.20. The van der Waals surface area contributed by atoms with Gasteiger partial charge >= 0.3 is 0 Å². The largest absolute Gasteiger partial charge is 0.341 e. The predicted molar refractivity (Wildman–Crippen MR) is 126 cm³/mol. The fourth-order valence-electron chi connectivity index (χ4n) is 3.93. The Kier molecular flexibility index (Phi) is 6.42. The molecule has 156 valence electrons. The lowest BCUT2D eigenvalue weighted by Gasteiger charge is -2.27. The summed E-state index contributed by atoms with van der Waals surface area (Å²) in [6, 6.07) is 24.1. The Labute approximate surface area is 184 Å². The minimum Gasteiger partial charge on any atom is -0.341 e. The Morgan fingerprint density at radius 1 is 0.967 bits per heavy atom. The Hall–Kier alpha value is -2.34. The van der Waals surface area contributed by atoms with Crippen LogP contribution in [0.2, 0.25) is 5.02 Å². The van der Waals surface area contributed by atoms with Crippen molar-refractivity contribution in [2.45, 2.75) is 24.2 Å². The third kappa shape index (κ3) is 4.38. The Morgan fingerprint density at radius 2 is 1.67 bits per heavy atom. The number of aryl methyl sites for hydroxylation is 2. The number of benzene rings is 3. The van der Waals surface area contributed by atoms with E-state index in [-0.39, 0.29) is 0 Å². The highest BCUT2D eigenvalue weighted by Crippen LogP contribution is 2.37. The van der Waals surface area contributed by atoms with Crippen molar-refractivity contribution in [3.05, 3.63) is 88.9 Å². The van der Waals surface area contributed by atoms with Crippen LogP contribution >= 0.6 is 11.6 Å². The summed E-state index contributed by atoms with van der Waals surface area (Å²) in [5.74, 6) is 0. The maximum Gasteiger partial charge on any atom is 0.137 e. The highest BCUT2D eigenvalue weighted by molar-refractivity contribution is 7.91. The average molecular weight is 440 g/mol. The van der Waals surface area contributed by atoms with Gasteiger partial charge in [0.05, 0.1) is 4.90 Å². The summed E-state index contributed by atoms with van der Waals surface area (Å²) in [5.41, 5.74) is 5.04. The van der Waals surface area contributed by atoms with Gasteiger partial charge in [-0.25, -0.2) is 13.3 Å². The lowest BCUT2D eigenvalue weighted by atomic mass is 10.0. The van der Waals surface area contributed by atoms with Gasteiger partial charge in [-0.05, 0) is 60.7 Å². The minimum atomic E-state index is -2.61. The molecule has 1 atom stereocenters. The van der Waals surface area contributed by atoms with E-state index in [4.69, 9.17) is 11.6 Å². The van der Waals surface area contributed by atoms with Gasteiger partial charge in [-0.2, -0.15) is 0 Å². The zero-order valence-electron chi connectivity index (χ0n) is 17.1. The average Bonchev–Trinajstić information content (AvgIpc) is 2.94. The molecule has 1 N–H and O–H groups in total. The van der Waals surface area contributed by atoms with Crippen LogP contribution in [-0.4, -0.2) is 24.3 Å². The summed E-state index contributed by atoms with van der Waals surface area (Å²) in [4.78, 5) is 3.06. The molecule has 0 saturated carbocycles. The van der Waals surface area contributed by atoms with E-state index < -0.39 is 9.92 Å². The standard InChI is InChI=1S/C24H26ClN3OS/c1-26-30(29,22-9-3-2-4-10-22)27-16-7-17-28-23-11-6-5-8-19(23)12-13-20-14-15-21(25)18-24(20)28/h2-6,8-11,14-15,18H,7,12-13,16-17H2,1H3,(H,26,27,29). The lowest BCUT2D eigenvalue weighted by Crippen LogP contribution is -2.28. The van der Waals surface area contributed by atoms with Crippen molar-refractivity contribution in [1.82, 2.24) is 4.72 Å². The lowest BCUT2D eigenvalue weighted by molar-refractivity contribution is 0.659. The third-order valence-electron chi connectivity index (χ3n) is 5.46. The molecule has 0 radical (unpaired) electrons. The smallest absolute Gasteiger partial charge is 0.137 e. The van der Waals surface area contributed by atoms with Crippen LogP contribution in [0, 0.1) is 0 Å². The van der Waals surface area contributed by atoms with Gasteiger partial charge in [0, 0.05) is 36.5 Å². The maximum absolute atomic E-state index is 13.2. The van der Waals surface area contributed by atoms with Crippen LogP contribution in [0.25, 0.3) is 0 Å². The quantitative estimate of drug-likeness (QED) is 0.506. The Balaban J connectivity index is 1.53. The Bertz CT molecular complexity index is 1140. The molecule has 0 bridgehead atoms. The fraction of sp³-hybridized carbons (Fsp3) is 0.250. The summed E-state index contributed by atoms with van der Waals surface area (Å²) in [7, 11) is -1.01. The molecular weight excluding hydrogens is 414 g/mol. The van der Waals surface area contributed by atoms with Crippen LogP contribution < -0.4 is 9.62 Å². The second-order valence-electron chi connectivity index (χ2n) is 7.32. The SMILES string of the molecule is CN=S(=O)(NCCCN1c2ccccc2CCc2ccc(Cl)cc21)c1ccccc1. The second kappa shape index (κ2) is 9.21. The van der Waals surface area contributed by atoms with Gasteiger partial charge in [0.15, 0.2) is 0 Å². The molecule has 0 aliphatic carbocycles. The zero-order valence-corrected chi connectivity index (χ0v) is 18.6. The van der Waals surface area contributed by atoms with Crippen LogP contribution in [0.15, 0.2) is 82.1 Å². The minimum absolute atomic E-state index is 0.597. The van der Waals surface area contributed by atoms with Crippen molar-refractivity contribution in [3.63, 3.8) is 0 Å². The summed E-state index contributed by atoms with van der Waals surface area (Å²) < 4.78 is 20.5. The van der Waals surface area contributed by atoms with Crippen molar-refractivity contribution < 1.29 is 4.21 Å². The normalized spacial score (nSPS) is 14.9. The molecule has 0 saturated heterocycles. The van der Waals surface area contributed by atoms with E-state index >= 15 is 0 Å². The summed E-state index contributed by atoms with van der Waals surface area (Å²) in [5, 5.41) is 0.744. The first-order chi connectivity index (χ1) is 14.6. The van der Waals surface area contributed by atoms with Crippen molar-refractivity contribution in [1.29, 1.82) is 0 Å². The van der Waals surface area contributed by atoms with Gasteiger partial charge in [0.2, 0.25) is 0 Å². The van der Waals surface area contributed by atoms with Crippen LogP contribution in [0.4, 0.5) is 11.4 Å². The van der Waals surface area contributed by atoms with Gasteiger partial charge in [-0.3, -0.25) is 0 Å². The number of nitrogens with one attached hydrogen (secondary N) is 1. The topological polar surface area (TPSA) is 44.7 Å². The Morgan fingerprint density at radius 3 is 2.43 bits per heavy atom. The number of para-hydroxylation sites is 1. The summed E-state index contributed by atoms with van der Waals surface area (Å²) in [6.07, 6.45) is 2.82. The van der Waals surface area contributed by atoms with Crippen molar-refractivity contribution in [2.75, 3.05) is 25.0 Å². The molecule has 3 aromatic carbocycles. The monoisotopic (exact) mass is 439 g/mol. The number of nitrogens with zero attached hydrogens (tertiary/aromatic N) is 2. The molecule has 3 aromatic rings. The molecule has 1 heterocycles. The number of hydrogen-bond acceptors (Lipinski definition) is 3. The molecule has 1 aliphatic rings. The molecule has 0 spiro atoms. The molecular formula is C24H26ClN3OS. The number of rotatable bonds is 6. The van der Waals surface area contributed by atoms with E-state index in [0.29, 0.717) is 11.4 Å². The molecule has 6 heteroatoms. The number of hydrogen-bond donors (Lipinski definition) is 1. The molecule has 30 heavy (non-hydrogen) atoms. The first-order valence-electron chi connectivity index (χ1n) is 10.2. The number of halogens is 1. The van der Waals surface area contributed by atoms with Crippen molar-refractivity contribution >= 4 is 32.9 Å². The molecule has 0 aromatic heterocycles. The van der Waals surface area contributed by atoms with E-state index in [1.165, 1.54) is 16.8 Å². The molecule has 0 amide bonds.